The smallest absolute Gasteiger partial charge is 0.0856 e. The maximum atomic E-state index is 10.2. The molecule has 0 fully saturated rings. The molecule has 0 bridgehead atoms. The van der Waals surface area contributed by atoms with Gasteiger partial charge < -0.3 is 5.11 Å². The van der Waals surface area contributed by atoms with Gasteiger partial charge in [-0.25, -0.2) is 0 Å². The quantitative estimate of drug-likeness (QED) is 0.850. The van der Waals surface area contributed by atoms with Crippen molar-refractivity contribution in [2.75, 3.05) is 0 Å². The van der Waals surface area contributed by atoms with E-state index in [-0.39, 0.29) is 5.92 Å². The van der Waals surface area contributed by atoms with Crippen molar-refractivity contribution in [2.24, 2.45) is 0 Å². The van der Waals surface area contributed by atoms with Crippen molar-refractivity contribution in [1.82, 2.24) is 4.98 Å². The van der Waals surface area contributed by atoms with Crippen molar-refractivity contribution in [2.45, 2.75) is 18.9 Å². The lowest BCUT2D eigenvalue weighted by atomic mass is 9.92. The standard InChI is InChI=1S/C14H15NO/c1-11(13-8-5-9-15-10-13)14(16)12-6-3-2-4-7-12/h2-11,14,16H,1H3/t11-,14+/m0/s1. The van der Waals surface area contributed by atoms with E-state index in [1.807, 2.05) is 49.4 Å². The normalized spacial score (nSPS) is 14.4. The third kappa shape index (κ3) is 2.28. The van der Waals surface area contributed by atoms with E-state index in [1.165, 1.54) is 0 Å². The van der Waals surface area contributed by atoms with E-state index in [4.69, 9.17) is 0 Å². The molecule has 2 rings (SSSR count). The van der Waals surface area contributed by atoms with Gasteiger partial charge in [0.2, 0.25) is 0 Å². The molecular formula is C14H15NO. The highest BCUT2D eigenvalue weighted by Gasteiger charge is 2.17. The lowest BCUT2D eigenvalue weighted by Gasteiger charge is -2.19. The predicted molar refractivity (Wildman–Crippen MR) is 64.1 cm³/mol. The van der Waals surface area contributed by atoms with E-state index in [2.05, 4.69) is 4.98 Å². The number of aliphatic hydroxyl groups is 1. The second kappa shape index (κ2) is 4.90. The van der Waals surface area contributed by atoms with E-state index < -0.39 is 6.10 Å². The van der Waals surface area contributed by atoms with Gasteiger partial charge in [0.05, 0.1) is 6.10 Å². The van der Waals surface area contributed by atoms with Crippen LogP contribution in [0.25, 0.3) is 0 Å². The van der Waals surface area contributed by atoms with Crippen LogP contribution in [-0.4, -0.2) is 10.1 Å². The van der Waals surface area contributed by atoms with Gasteiger partial charge >= 0.3 is 0 Å². The van der Waals surface area contributed by atoms with Crippen molar-refractivity contribution >= 4 is 0 Å². The van der Waals surface area contributed by atoms with Crippen molar-refractivity contribution < 1.29 is 5.11 Å². The number of aliphatic hydroxyl groups excluding tert-OH is 1. The molecule has 0 saturated heterocycles. The highest BCUT2D eigenvalue weighted by Crippen LogP contribution is 2.29. The summed E-state index contributed by atoms with van der Waals surface area (Å²) in [6, 6.07) is 13.6. The van der Waals surface area contributed by atoms with Crippen molar-refractivity contribution in [1.29, 1.82) is 0 Å². The first-order valence-electron chi connectivity index (χ1n) is 5.42. The van der Waals surface area contributed by atoms with Crippen LogP contribution in [0.15, 0.2) is 54.9 Å². The van der Waals surface area contributed by atoms with Gasteiger partial charge in [-0.1, -0.05) is 43.3 Å². The minimum atomic E-state index is -0.481. The van der Waals surface area contributed by atoms with Crippen molar-refractivity contribution in [3.63, 3.8) is 0 Å². The first kappa shape index (κ1) is 10.8. The Labute approximate surface area is 95.6 Å². The van der Waals surface area contributed by atoms with E-state index in [0.29, 0.717) is 0 Å². The van der Waals surface area contributed by atoms with E-state index >= 15 is 0 Å². The average Bonchev–Trinajstić information content (AvgIpc) is 2.39. The zero-order valence-electron chi connectivity index (χ0n) is 9.25. The number of hydrogen-bond acceptors (Lipinski definition) is 2. The van der Waals surface area contributed by atoms with E-state index in [9.17, 15) is 5.11 Å². The minimum absolute atomic E-state index is 0.0519. The Morgan fingerprint density at radius 2 is 1.69 bits per heavy atom. The summed E-state index contributed by atoms with van der Waals surface area (Å²) in [4.78, 5) is 4.07. The molecule has 0 amide bonds. The zero-order chi connectivity index (χ0) is 11.4. The number of hydrogen-bond donors (Lipinski definition) is 1. The zero-order valence-corrected chi connectivity index (χ0v) is 9.25. The van der Waals surface area contributed by atoms with E-state index in [0.717, 1.165) is 11.1 Å². The number of rotatable bonds is 3. The highest BCUT2D eigenvalue weighted by molar-refractivity contribution is 5.24. The SMILES string of the molecule is C[C@@H](c1cccnc1)[C@@H](O)c1ccccc1. The second-order valence-electron chi connectivity index (χ2n) is 3.93. The lowest BCUT2D eigenvalue weighted by molar-refractivity contribution is 0.151. The summed E-state index contributed by atoms with van der Waals surface area (Å²) in [5, 5.41) is 10.2. The second-order valence-corrected chi connectivity index (χ2v) is 3.93. The Morgan fingerprint density at radius 1 is 1.00 bits per heavy atom. The molecule has 82 valence electrons. The third-order valence-electron chi connectivity index (χ3n) is 2.82. The molecule has 0 aliphatic heterocycles. The first-order valence-corrected chi connectivity index (χ1v) is 5.42. The Hall–Kier alpha value is -1.67. The summed E-state index contributed by atoms with van der Waals surface area (Å²) in [6.45, 7) is 2.01. The van der Waals surface area contributed by atoms with Crippen LogP contribution in [-0.2, 0) is 0 Å². The minimum Gasteiger partial charge on any atom is -0.388 e. The molecule has 1 heterocycles. The number of nitrogens with zero attached hydrogens (tertiary/aromatic N) is 1. The molecule has 1 aromatic carbocycles. The maximum Gasteiger partial charge on any atom is 0.0856 e. The summed E-state index contributed by atoms with van der Waals surface area (Å²) in [7, 11) is 0. The summed E-state index contributed by atoms with van der Waals surface area (Å²) < 4.78 is 0. The maximum absolute atomic E-state index is 10.2. The molecule has 16 heavy (non-hydrogen) atoms. The molecule has 2 nitrogen and oxygen atoms in total. The molecule has 0 unspecified atom stereocenters. The summed E-state index contributed by atoms with van der Waals surface area (Å²) >= 11 is 0. The molecule has 0 spiro atoms. The van der Waals surface area contributed by atoms with Crippen molar-refractivity contribution in [3.8, 4) is 0 Å². The monoisotopic (exact) mass is 213 g/mol. The van der Waals surface area contributed by atoms with Gasteiger partial charge in [-0.3, -0.25) is 4.98 Å². The van der Waals surface area contributed by atoms with Gasteiger partial charge in [0, 0.05) is 18.3 Å². The molecule has 2 heteroatoms. The van der Waals surface area contributed by atoms with Gasteiger partial charge in [-0.15, -0.1) is 0 Å². The summed E-state index contributed by atoms with van der Waals surface area (Å²) in [5.74, 6) is 0.0519. The molecule has 0 aliphatic rings. The van der Waals surface area contributed by atoms with Gasteiger partial charge in [0.25, 0.3) is 0 Å². The fourth-order valence-electron chi connectivity index (χ4n) is 1.77. The van der Waals surface area contributed by atoms with Crippen LogP contribution in [0.5, 0.6) is 0 Å². The van der Waals surface area contributed by atoms with Gasteiger partial charge in [-0.2, -0.15) is 0 Å². The van der Waals surface area contributed by atoms with Crippen LogP contribution < -0.4 is 0 Å². The molecule has 1 N–H and O–H groups in total. The Balaban J connectivity index is 2.20. The Kier molecular flexibility index (Phi) is 3.32. The van der Waals surface area contributed by atoms with Gasteiger partial charge in [0.1, 0.15) is 0 Å². The fraction of sp³-hybridized carbons (Fsp3) is 0.214. The van der Waals surface area contributed by atoms with Crippen LogP contribution in [0.4, 0.5) is 0 Å². The molecular weight excluding hydrogens is 198 g/mol. The molecule has 2 atom stereocenters. The van der Waals surface area contributed by atoms with Crippen molar-refractivity contribution in [3.05, 3.63) is 66.0 Å². The Morgan fingerprint density at radius 3 is 2.31 bits per heavy atom. The van der Waals surface area contributed by atoms with Crippen LogP contribution in [0.1, 0.15) is 30.1 Å². The van der Waals surface area contributed by atoms with Gasteiger partial charge in [0.15, 0.2) is 0 Å². The third-order valence-corrected chi connectivity index (χ3v) is 2.82. The average molecular weight is 213 g/mol. The number of pyridine rings is 1. The van der Waals surface area contributed by atoms with Crippen LogP contribution in [0.2, 0.25) is 0 Å². The highest BCUT2D eigenvalue weighted by atomic mass is 16.3. The Bertz CT molecular complexity index is 384. The first-order chi connectivity index (χ1) is 7.79. The predicted octanol–water partition coefficient (Wildman–Crippen LogP) is 2.92. The van der Waals surface area contributed by atoms with Crippen LogP contribution in [0.3, 0.4) is 0 Å². The summed E-state index contributed by atoms with van der Waals surface area (Å²) in [6.07, 6.45) is 3.06. The fourth-order valence-corrected chi connectivity index (χ4v) is 1.77. The number of benzene rings is 1. The molecule has 0 radical (unpaired) electrons. The largest absolute Gasteiger partial charge is 0.388 e. The lowest BCUT2D eigenvalue weighted by Crippen LogP contribution is -2.07. The van der Waals surface area contributed by atoms with Gasteiger partial charge in [-0.05, 0) is 17.2 Å². The van der Waals surface area contributed by atoms with Crippen LogP contribution in [0, 0.1) is 0 Å². The molecule has 2 aromatic rings. The molecule has 0 saturated carbocycles. The van der Waals surface area contributed by atoms with Crippen LogP contribution >= 0.6 is 0 Å². The summed E-state index contributed by atoms with van der Waals surface area (Å²) in [5.41, 5.74) is 2.00. The number of aromatic nitrogens is 1. The molecule has 0 aliphatic carbocycles. The molecule has 1 aromatic heterocycles. The topological polar surface area (TPSA) is 33.1 Å². The van der Waals surface area contributed by atoms with E-state index in [1.54, 1.807) is 12.4 Å².